The van der Waals surface area contributed by atoms with E-state index in [1.165, 1.54) is 6.33 Å². The number of aromatic amines is 1. The molecule has 1 rings (SSSR count). The van der Waals surface area contributed by atoms with Crippen molar-refractivity contribution in [3.63, 3.8) is 0 Å². The van der Waals surface area contributed by atoms with Gasteiger partial charge in [0.25, 0.3) is 5.56 Å². The topological polar surface area (TPSA) is 57.8 Å². The van der Waals surface area contributed by atoms with Crippen molar-refractivity contribution in [2.75, 3.05) is 5.32 Å². The molecule has 0 amide bonds. The fourth-order valence-electron chi connectivity index (χ4n) is 1.40. The van der Waals surface area contributed by atoms with Crippen LogP contribution >= 0.6 is 15.9 Å². The summed E-state index contributed by atoms with van der Waals surface area (Å²) in [6, 6.07) is 0.329. The molecule has 0 aromatic carbocycles. The van der Waals surface area contributed by atoms with Crippen molar-refractivity contribution >= 4 is 21.7 Å². The number of anilines is 1. The molecule has 0 saturated carbocycles. The highest BCUT2D eigenvalue weighted by Gasteiger charge is 2.13. The van der Waals surface area contributed by atoms with E-state index in [1.807, 2.05) is 0 Å². The normalized spacial score (nSPS) is 12.9. The predicted octanol–water partition coefficient (Wildman–Crippen LogP) is 2.38. The molecular weight excluding hydrogens is 258 g/mol. The van der Waals surface area contributed by atoms with Crippen LogP contribution in [0.25, 0.3) is 0 Å². The molecule has 1 aromatic heterocycles. The zero-order valence-electron chi connectivity index (χ0n) is 9.17. The van der Waals surface area contributed by atoms with E-state index in [2.05, 4.69) is 52.0 Å². The number of hydrogen-bond acceptors (Lipinski definition) is 3. The first-order chi connectivity index (χ1) is 7.06. The summed E-state index contributed by atoms with van der Waals surface area (Å²) < 4.78 is 0.462. The van der Waals surface area contributed by atoms with Crippen LogP contribution in [0.15, 0.2) is 15.6 Å². The smallest absolute Gasteiger partial charge is 0.267 e. The van der Waals surface area contributed by atoms with Crippen molar-refractivity contribution < 1.29 is 0 Å². The second-order valence-corrected chi connectivity index (χ2v) is 4.59. The molecule has 0 aliphatic carbocycles. The minimum Gasteiger partial charge on any atom is -0.366 e. The van der Waals surface area contributed by atoms with Gasteiger partial charge in [0, 0.05) is 6.04 Å². The van der Waals surface area contributed by atoms with E-state index in [9.17, 15) is 4.79 Å². The van der Waals surface area contributed by atoms with Crippen LogP contribution < -0.4 is 10.9 Å². The minimum absolute atomic E-state index is 0.161. The highest BCUT2D eigenvalue weighted by atomic mass is 79.9. The van der Waals surface area contributed by atoms with Crippen molar-refractivity contribution in [3.8, 4) is 0 Å². The Morgan fingerprint density at radius 2 is 2.27 bits per heavy atom. The Morgan fingerprint density at radius 1 is 1.60 bits per heavy atom. The van der Waals surface area contributed by atoms with Crippen LogP contribution in [0.2, 0.25) is 0 Å². The Morgan fingerprint density at radius 3 is 2.80 bits per heavy atom. The van der Waals surface area contributed by atoms with Crippen molar-refractivity contribution in [2.45, 2.75) is 33.2 Å². The molecule has 84 valence electrons. The summed E-state index contributed by atoms with van der Waals surface area (Å²) in [4.78, 5) is 17.9. The third-order valence-electron chi connectivity index (χ3n) is 2.36. The number of H-pyrrole nitrogens is 1. The van der Waals surface area contributed by atoms with E-state index >= 15 is 0 Å². The second kappa shape index (κ2) is 5.30. The molecule has 1 heterocycles. The zero-order valence-corrected chi connectivity index (χ0v) is 10.8. The molecular formula is C10H16BrN3O. The van der Waals surface area contributed by atoms with Crippen molar-refractivity contribution in [2.24, 2.45) is 5.92 Å². The largest absolute Gasteiger partial charge is 0.366 e. The average Bonchev–Trinajstić information content (AvgIpc) is 2.19. The third kappa shape index (κ3) is 3.06. The second-order valence-electron chi connectivity index (χ2n) is 3.80. The first kappa shape index (κ1) is 12.2. The van der Waals surface area contributed by atoms with Gasteiger partial charge in [0.1, 0.15) is 10.3 Å². The molecule has 1 atom stereocenters. The lowest BCUT2D eigenvalue weighted by Gasteiger charge is -2.21. The molecule has 0 radical (unpaired) electrons. The summed E-state index contributed by atoms with van der Waals surface area (Å²) in [7, 11) is 0. The Balaban J connectivity index is 2.88. The first-order valence-electron chi connectivity index (χ1n) is 5.06. The van der Waals surface area contributed by atoms with E-state index in [1.54, 1.807) is 0 Å². The van der Waals surface area contributed by atoms with E-state index in [4.69, 9.17) is 0 Å². The molecule has 1 unspecified atom stereocenters. The van der Waals surface area contributed by atoms with E-state index in [0.29, 0.717) is 22.3 Å². The van der Waals surface area contributed by atoms with Crippen LogP contribution in [0, 0.1) is 5.92 Å². The quantitative estimate of drug-likeness (QED) is 0.886. The van der Waals surface area contributed by atoms with Gasteiger partial charge in [-0.1, -0.05) is 20.8 Å². The van der Waals surface area contributed by atoms with Gasteiger partial charge in [-0.15, -0.1) is 0 Å². The monoisotopic (exact) mass is 273 g/mol. The number of hydrogen-bond donors (Lipinski definition) is 2. The van der Waals surface area contributed by atoms with Crippen LogP contribution in [-0.2, 0) is 0 Å². The molecule has 4 nitrogen and oxygen atoms in total. The van der Waals surface area contributed by atoms with E-state index in [-0.39, 0.29) is 5.56 Å². The Kier molecular flexibility index (Phi) is 4.32. The van der Waals surface area contributed by atoms with Crippen LogP contribution in [0.4, 0.5) is 5.82 Å². The molecule has 5 heteroatoms. The maximum absolute atomic E-state index is 11.3. The van der Waals surface area contributed by atoms with Gasteiger partial charge in [-0.2, -0.15) is 0 Å². The Labute approximate surface area is 97.6 Å². The first-order valence-corrected chi connectivity index (χ1v) is 5.85. The van der Waals surface area contributed by atoms with Crippen LogP contribution in [0.1, 0.15) is 27.2 Å². The van der Waals surface area contributed by atoms with Crippen molar-refractivity contribution in [3.05, 3.63) is 21.2 Å². The average molecular weight is 274 g/mol. The summed E-state index contributed by atoms with van der Waals surface area (Å²) in [6.45, 7) is 6.39. The lowest BCUT2D eigenvalue weighted by molar-refractivity contribution is 0.509. The van der Waals surface area contributed by atoms with Crippen LogP contribution in [0.3, 0.4) is 0 Å². The van der Waals surface area contributed by atoms with Gasteiger partial charge in [-0.25, -0.2) is 4.98 Å². The van der Waals surface area contributed by atoms with Gasteiger partial charge in [0.2, 0.25) is 0 Å². The summed E-state index contributed by atoms with van der Waals surface area (Å²) in [5, 5.41) is 3.26. The fourth-order valence-corrected chi connectivity index (χ4v) is 1.73. The van der Waals surface area contributed by atoms with Gasteiger partial charge in [0.05, 0.1) is 6.33 Å². The SMILES string of the molecule is CCC(Nc1nc[nH]c(=O)c1Br)C(C)C. The minimum atomic E-state index is -0.161. The number of nitrogens with zero attached hydrogens (tertiary/aromatic N) is 1. The van der Waals surface area contributed by atoms with Crippen molar-refractivity contribution in [1.29, 1.82) is 0 Å². The number of aromatic nitrogens is 2. The van der Waals surface area contributed by atoms with Gasteiger partial charge < -0.3 is 10.3 Å². The summed E-state index contributed by atoms with van der Waals surface area (Å²) in [5.74, 6) is 1.11. The molecule has 0 fully saturated rings. The van der Waals surface area contributed by atoms with Crippen molar-refractivity contribution in [1.82, 2.24) is 9.97 Å². The van der Waals surface area contributed by atoms with Crippen LogP contribution in [-0.4, -0.2) is 16.0 Å². The molecule has 0 aliphatic heterocycles. The molecule has 0 saturated heterocycles. The van der Waals surface area contributed by atoms with E-state index < -0.39 is 0 Å². The molecule has 0 bridgehead atoms. The summed E-state index contributed by atoms with van der Waals surface area (Å²) >= 11 is 3.22. The van der Waals surface area contributed by atoms with Crippen LogP contribution in [0.5, 0.6) is 0 Å². The standard InChI is InChI=1S/C10H16BrN3O/c1-4-7(6(2)3)14-9-8(11)10(15)13-5-12-9/h5-7H,4H2,1-3H3,(H2,12,13,14,15). The summed E-state index contributed by atoms with van der Waals surface area (Å²) in [5.41, 5.74) is -0.161. The Bertz CT molecular complexity index is 375. The van der Waals surface area contributed by atoms with Gasteiger partial charge >= 0.3 is 0 Å². The molecule has 1 aromatic rings. The number of nitrogens with one attached hydrogen (secondary N) is 2. The van der Waals surface area contributed by atoms with Gasteiger partial charge in [-0.3, -0.25) is 4.79 Å². The predicted molar refractivity (Wildman–Crippen MR) is 65.1 cm³/mol. The zero-order chi connectivity index (χ0) is 11.4. The highest BCUT2D eigenvalue weighted by molar-refractivity contribution is 9.10. The number of rotatable bonds is 4. The Hall–Kier alpha value is -0.840. The van der Waals surface area contributed by atoms with Gasteiger partial charge in [-0.05, 0) is 28.3 Å². The molecule has 15 heavy (non-hydrogen) atoms. The molecule has 0 spiro atoms. The van der Waals surface area contributed by atoms with Gasteiger partial charge in [0.15, 0.2) is 0 Å². The maximum Gasteiger partial charge on any atom is 0.267 e. The number of halogens is 1. The summed E-state index contributed by atoms with van der Waals surface area (Å²) in [6.07, 6.45) is 2.40. The lowest BCUT2D eigenvalue weighted by Crippen LogP contribution is -2.26. The lowest BCUT2D eigenvalue weighted by atomic mass is 10.0. The maximum atomic E-state index is 11.3. The third-order valence-corrected chi connectivity index (χ3v) is 3.10. The fraction of sp³-hybridized carbons (Fsp3) is 0.600. The molecule has 0 aliphatic rings. The molecule has 2 N–H and O–H groups in total. The highest BCUT2D eigenvalue weighted by Crippen LogP contribution is 2.18. The van der Waals surface area contributed by atoms with E-state index in [0.717, 1.165) is 6.42 Å².